The Labute approximate surface area is 96.2 Å². The van der Waals surface area contributed by atoms with E-state index in [2.05, 4.69) is 18.7 Å². The van der Waals surface area contributed by atoms with Crippen LogP contribution >= 0.6 is 0 Å². The minimum absolute atomic E-state index is 0.248. The van der Waals surface area contributed by atoms with Crippen LogP contribution < -0.4 is 5.73 Å². The second kappa shape index (κ2) is 4.42. The van der Waals surface area contributed by atoms with E-state index in [9.17, 15) is 4.39 Å². The largest absolute Gasteiger partial charge is 0.396 e. The highest BCUT2D eigenvalue weighted by Gasteiger charge is 2.26. The Morgan fingerprint density at radius 2 is 2.19 bits per heavy atom. The summed E-state index contributed by atoms with van der Waals surface area (Å²) in [6.07, 6.45) is 1.20. The van der Waals surface area contributed by atoms with Gasteiger partial charge in [-0.3, -0.25) is 4.90 Å². The van der Waals surface area contributed by atoms with E-state index in [1.807, 2.05) is 12.1 Å². The molecule has 88 valence electrons. The van der Waals surface area contributed by atoms with Crippen molar-refractivity contribution in [2.45, 2.75) is 32.9 Å². The van der Waals surface area contributed by atoms with E-state index in [-0.39, 0.29) is 11.5 Å². The lowest BCUT2D eigenvalue weighted by Gasteiger charge is -2.21. The van der Waals surface area contributed by atoms with Gasteiger partial charge in [0.25, 0.3) is 0 Å². The quantitative estimate of drug-likeness (QED) is 0.779. The number of nitrogens with two attached hydrogens (primary N) is 1. The molecule has 0 aliphatic carbocycles. The first-order valence-electron chi connectivity index (χ1n) is 5.85. The summed E-state index contributed by atoms with van der Waals surface area (Å²) in [5.74, 6) is 0.452. The van der Waals surface area contributed by atoms with Crippen molar-refractivity contribution in [2.75, 3.05) is 12.3 Å². The van der Waals surface area contributed by atoms with Gasteiger partial charge < -0.3 is 5.73 Å². The normalized spacial score (nSPS) is 26.2. The highest BCUT2D eigenvalue weighted by molar-refractivity contribution is 5.42. The zero-order valence-corrected chi connectivity index (χ0v) is 9.91. The summed E-state index contributed by atoms with van der Waals surface area (Å²) in [6, 6.07) is 5.78. The first-order valence-corrected chi connectivity index (χ1v) is 5.85. The minimum atomic E-state index is -0.255. The molecule has 2 nitrogen and oxygen atoms in total. The molecule has 1 heterocycles. The molecule has 0 saturated carbocycles. The van der Waals surface area contributed by atoms with Gasteiger partial charge in [0.05, 0.1) is 5.69 Å². The molecule has 2 atom stereocenters. The summed E-state index contributed by atoms with van der Waals surface area (Å²) < 4.78 is 13.7. The second-order valence-electron chi connectivity index (χ2n) is 4.94. The predicted octanol–water partition coefficient (Wildman–Crippen LogP) is 2.64. The fraction of sp³-hybridized carbons (Fsp3) is 0.538. The molecule has 3 heteroatoms. The van der Waals surface area contributed by atoms with Crippen LogP contribution in [-0.4, -0.2) is 17.5 Å². The van der Waals surface area contributed by atoms with Gasteiger partial charge in [-0.1, -0.05) is 19.1 Å². The average molecular weight is 222 g/mol. The van der Waals surface area contributed by atoms with Gasteiger partial charge in [-0.2, -0.15) is 0 Å². The first kappa shape index (κ1) is 11.4. The zero-order chi connectivity index (χ0) is 11.7. The van der Waals surface area contributed by atoms with Gasteiger partial charge >= 0.3 is 0 Å². The fourth-order valence-corrected chi connectivity index (χ4v) is 2.55. The number of halogens is 1. The molecule has 0 aromatic heterocycles. The molecule has 1 aliphatic heterocycles. The maximum atomic E-state index is 13.7. The van der Waals surface area contributed by atoms with E-state index in [0.29, 0.717) is 24.1 Å². The Hall–Kier alpha value is -1.09. The molecule has 1 fully saturated rings. The molecule has 1 aromatic rings. The van der Waals surface area contributed by atoms with Crippen LogP contribution in [-0.2, 0) is 6.54 Å². The van der Waals surface area contributed by atoms with E-state index >= 15 is 0 Å². The van der Waals surface area contributed by atoms with E-state index < -0.39 is 0 Å². The fourth-order valence-electron chi connectivity index (χ4n) is 2.55. The third-order valence-corrected chi connectivity index (χ3v) is 3.40. The maximum absolute atomic E-state index is 13.7. The van der Waals surface area contributed by atoms with Crippen molar-refractivity contribution in [3.8, 4) is 0 Å². The highest BCUT2D eigenvalue weighted by Crippen LogP contribution is 2.25. The smallest absolute Gasteiger partial charge is 0.150 e. The first-order chi connectivity index (χ1) is 7.58. The van der Waals surface area contributed by atoms with Crippen LogP contribution in [0, 0.1) is 11.7 Å². The Kier molecular flexibility index (Phi) is 3.15. The van der Waals surface area contributed by atoms with Gasteiger partial charge in [0.2, 0.25) is 0 Å². The van der Waals surface area contributed by atoms with Crippen LogP contribution in [0.25, 0.3) is 0 Å². The number of benzene rings is 1. The van der Waals surface area contributed by atoms with Gasteiger partial charge in [-0.25, -0.2) is 4.39 Å². The third kappa shape index (κ3) is 2.19. The van der Waals surface area contributed by atoms with Crippen molar-refractivity contribution in [3.05, 3.63) is 29.6 Å². The number of hydrogen-bond donors (Lipinski definition) is 1. The van der Waals surface area contributed by atoms with Crippen molar-refractivity contribution < 1.29 is 4.39 Å². The summed E-state index contributed by atoms with van der Waals surface area (Å²) in [7, 11) is 0. The number of likely N-dealkylation sites (tertiary alicyclic amines) is 1. The Morgan fingerprint density at radius 1 is 1.44 bits per heavy atom. The van der Waals surface area contributed by atoms with E-state index in [4.69, 9.17) is 5.73 Å². The number of hydrogen-bond acceptors (Lipinski definition) is 2. The van der Waals surface area contributed by atoms with Crippen LogP contribution in [0.2, 0.25) is 0 Å². The Balaban J connectivity index is 2.12. The third-order valence-electron chi connectivity index (χ3n) is 3.40. The molecule has 1 aliphatic rings. The van der Waals surface area contributed by atoms with Crippen LogP contribution in [0.1, 0.15) is 25.8 Å². The number of anilines is 1. The monoisotopic (exact) mass is 222 g/mol. The zero-order valence-electron chi connectivity index (χ0n) is 9.91. The van der Waals surface area contributed by atoms with Gasteiger partial charge in [-0.05, 0) is 25.3 Å². The van der Waals surface area contributed by atoms with Crippen LogP contribution in [0.4, 0.5) is 10.1 Å². The van der Waals surface area contributed by atoms with Crippen LogP contribution in [0.15, 0.2) is 18.2 Å². The van der Waals surface area contributed by atoms with Crippen LogP contribution in [0.3, 0.4) is 0 Å². The van der Waals surface area contributed by atoms with Gasteiger partial charge in [0.15, 0.2) is 5.82 Å². The summed E-state index contributed by atoms with van der Waals surface area (Å²) in [4.78, 5) is 2.32. The molecular weight excluding hydrogens is 203 g/mol. The lowest BCUT2D eigenvalue weighted by Crippen LogP contribution is -2.27. The number of rotatable bonds is 2. The summed E-state index contributed by atoms with van der Waals surface area (Å²) in [5.41, 5.74) is 6.52. The second-order valence-corrected chi connectivity index (χ2v) is 4.94. The number of nitrogens with zero attached hydrogens (tertiary/aromatic N) is 1. The standard InChI is InChI=1S/C13H19FN2/c1-9-6-10(2)16(7-9)8-11-4-3-5-12(15)13(11)14/h3-5,9-10H,6-8,15H2,1-2H3. The van der Waals surface area contributed by atoms with Crippen molar-refractivity contribution in [1.29, 1.82) is 0 Å². The lowest BCUT2D eigenvalue weighted by molar-refractivity contribution is 0.253. The molecule has 0 amide bonds. The molecule has 0 bridgehead atoms. The number of nitrogen functional groups attached to an aromatic ring is 1. The predicted molar refractivity (Wildman–Crippen MR) is 64.5 cm³/mol. The molecule has 0 radical (unpaired) electrons. The summed E-state index contributed by atoms with van der Waals surface area (Å²) in [6.45, 7) is 6.16. The lowest BCUT2D eigenvalue weighted by atomic mass is 10.1. The van der Waals surface area contributed by atoms with Crippen molar-refractivity contribution in [1.82, 2.24) is 4.90 Å². The topological polar surface area (TPSA) is 29.3 Å². The van der Waals surface area contributed by atoms with Crippen LogP contribution in [0.5, 0.6) is 0 Å². The van der Waals surface area contributed by atoms with E-state index in [1.165, 1.54) is 6.42 Å². The van der Waals surface area contributed by atoms with Gasteiger partial charge in [0, 0.05) is 24.7 Å². The van der Waals surface area contributed by atoms with Crippen molar-refractivity contribution >= 4 is 5.69 Å². The minimum Gasteiger partial charge on any atom is -0.396 e. The van der Waals surface area contributed by atoms with Gasteiger partial charge in [-0.15, -0.1) is 0 Å². The van der Waals surface area contributed by atoms with E-state index in [1.54, 1.807) is 6.07 Å². The molecule has 16 heavy (non-hydrogen) atoms. The average Bonchev–Trinajstić information content (AvgIpc) is 2.53. The highest BCUT2D eigenvalue weighted by atomic mass is 19.1. The van der Waals surface area contributed by atoms with E-state index in [0.717, 1.165) is 6.54 Å². The summed E-state index contributed by atoms with van der Waals surface area (Å²) in [5, 5.41) is 0. The SMILES string of the molecule is CC1CC(C)N(Cc2cccc(N)c2F)C1. The summed E-state index contributed by atoms with van der Waals surface area (Å²) >= 11 is 0. The Bertz CT molecular complexity index is 378. The molecular formula is C13H19FN2. The Morgan fingerprint density at radius 3 is 2.81 bits per heavy atom. The maximum Gasteiger partial charge on any atom is 0.150 e. The van der Waals surface area contributed by atoms with Crippen molar-refractivity contribution in [2.24, 2.45) is 5.92 Å². The molecule has 2 N–H and O–H groups in total. The molecule has 0 spiro atoms. The molecule has 1 saturated heterocycles. The molecule has 2 rings (SSSR count). The van der Waals surface area contributed by atoms with Gasteiger partial charge in [0.1, 0.15) is 0 Å². The molecule has 2 unspecified atom stereocenters. The van der Waals surface area contributed by atoms with Crippen molar-refractivity contribution in [3.63, 3.8) is 0 Å². The molecule has 1 aromatic carbocycles.